The summed E-state index contributed by atoms with van der Waals surface area (Å²) in [4.78, 5) is 2.81. The molecule has 116 valence electrons. The molecule has 0 radical (unpaired) electrons. The van der Waals surface area contributed by atoms with Crippen LogP contribution in [-0.2, 0) is 12.0 Å². The van der Waals surface area contributed by atoms with Crippen LogP contribution in [0, 0.1) is 13.8 Å². The predicted octanol–water partition coefficient (Wildman–Crippen LogP) is 5.05. The fourth-order valence-corrected chi connectivity index (χ4v) is 3.48. The summed E-state index contributed by atoms with van der Waals surface area (Å²) in [5.74, 6) is 0. The minimum absolute atomic E-state index is 0.233. The van der Waals surface area contributed by atoms with Crippen LogP contribution in [0.15, 0.2) is 12.1 Å². The zero-order valence-corrected chi connectivity index (χ0v) is 15.1. The minimum atomic E-state index is 0.233. The van der Waals surface area contributed by atoms with Crippen LogP contribution in [0.4, 0.5) is 5.69 Å². The van der Waals surface area contributed by atoms with Gasteiger partial charge in [0, 0.05) is 22.3 Å². The van der Waals surface area contributed by atoms with Crippen LogP contribution in [0.1, 0.15) is 61.8 Å². The second-order valence-corrected chi connectivity index (χ2v) is 8.12. The van der Waals surface area contributed by atoms with Crippen molar-refractivity contribution < 1.29 is 0 Å². The van der Waals surface area contributed by atoms with E-state index >= 15 is 0 Å². The normalized spacial score (nSPS) is 12.2. The highest BCUT2D eigenvalue weighted by atomic mass is 32.1. The van der Waals surface area contributed by atoms with Gasteiger partial charge in [-0.15, -0.1) is 11.3 Å². The monoisotopic (exact) mass is 305 g/mol. The maximum atomic E-state index is 4.62. The van der Waals surface area contributed by atoms with E-state index in [-0.39, 0.29) is 5.41 Å². The van der Waals surface area contributed by atoms with Gasteiger partial charge in [-0.25, -0.2) is 0 Å². The van der Waals surface area contributed by atoms with E-state index < -0.39 is 0 Å². The lowest BCUT2D eigenvalue weighted by Crippen LogP contribution is -2.08. The lowest BCUT2D eigenvalue weighted by molar-refractivity contribution is 0.516. The molecule has 0 aliphatic heterocycles. The Kier molecular flexibility index (Phi) is 4.47. The molecule has 0 spiro atoms. The standard InChI is InChI=1S/C17H27N3S/c1-11(2)20-13(4)16(12(3)19-20)18-10-14-8-9-15(21-14)17(5,6)7/h8-9,11,18H,10H2,1-7H3. The summed E-state index contributed by atoms with van der Waals surface area (Å²) in [5, 5.41) is 8.19. The zero-order chi connectivity index (χ0) is 15.8. The molecule has 0 atom stereocenters. The predicted molar refractivity (Wildman–Crippen MR) is 92.4 cm³/mol. The van der Waals surface area contributed by atoms with Crippen molar-refractivity contribution in [2.45, 2.75) is 66.5 Å². The highest BCUT2D eigenvalue weighted by Gasteiger charge is 2.17. The zero-order valence-electron chi connectivity index (χ0n) is 14.2. The molecule has 2 aromatic heterocycles. The molecule has 2 heterocycles. The Morgan fingerprint density at radius 1 is 1.24 bits per heavy atom. The SMILES string of the molecule is Cc1nn(C(C)C)c(C)c1NCc1ccc(C(C)(C)C)s1. The van der Waals surface area contributed by atoms with Gasteiger partial charge in [-0.05, 0) is 45.2 Å². The number of aromatic nitrogens is 2. The Balaban J connectivity index is 2.12. The fraction of sp³-hybridized carbons (Fsp3) is 0.588. The third-order valence-electron chi connectivity index (χ3n) is 3.65. The summed E-state index contributed by atoms with van der Waals surface area (Å²) in [6, 6.07) is 4.88. The van der Waals surface area contributed by atoms with Gasteiger partial charge in [0.25, 0.3) is 0 Å². The molecular weight excluding hydrogens is 278 g/mol. The van der Waals surface area contributed by atoms with Crippen LogP contribution in [0.2, 0.25) is 0 Å². The second kappa shape index (κ2) is 5.84. The summed E-state index contributed by atoms with van der Waals surface area (Å²) >= 11 is 1.89. The molecule has 1 N–H and O–H groups in total. The van der Waals surface area contributed by atoms with Crippen LogP contribution in [0.5, 0.6) is 0 Å². The molecule has 0 amide bonds. The quantitative estimate of drug-likeness (QED) is 0.856. The molecule has 4 heteroatoms. The van der Waals surface area contributed by atoms with E-state index in [1.54, 1.807) is 0 Å². The summed E-state index contributed by atoms with van der Waals surface area (Å²) in [6.45, 7) is 16.2. The molecule has 0 unspecified atom stereocenters. The highest BCUT2D eigenvalue weighted by Crippen LogP contribution is 2.30. The van der Waals surface area contributed by atoms with E-state index in [1.807, 2.05) is 11.3 Å². The lowest BCUT2D eigenvalue weighted by Gasteiger charge is -2.15. The van der Waals surface area contributed by atoms with Crippen molar-refractivity contribution in [1.29, 1.82) is 0 Å². The summed E-state index contributed by atoms with van der Waals surface area (Å²) in [6.07, 6.45) is 0. The van der Waals surface area contributed by atoms with Crippen LogP contribution in [-0.4, -0.2) is 9.78 Å². The molecule has 0 aromatic carbocycles. The first-order chi connectivity index (χ1) is 9.70. The third kappa shape index (κ3) is 3.49. The largest absolute Gasteiger partial charge is 0.377 e. The number of aryl methyl sites for hydroxylation is 1. The number of hydrogen-bond donors (Lipinski definition) is 1. The molecular formula is C17H27N3S. The number of nitrogens with one attached hydrogen (secondary N) is 1. The molecule has 0 aliphatic rings. The first-order valence-electron chi connectivity index (χ1n) is 7.59. The van der Waals surface area contributed by atoms with Crippen LogP contribution >= 0.6 is 11.3 Å². The molecule has 2 aromatic rings. The van der Waals surface area contributed by atoms with E-state index in [0.29, 0.717) is 6.04 Å². The first kappa shape index (κ1) is 16.1. The average molecular weight is 305 g/mol. The minimum Gasteiger partial charge on any atom is -0.377 e. The van der Waals surface area contributed by atoms with Crippen molar-refractivity contribution in [1.82, 2.24) is 9.78 Å². The van der Waals surface area contributed by atoms with Gasteiger partial charge in [0.15, 0.2) is 0 Å². The molecule has 2 rings (SSSR count). The fourth-order valence-electron chi connectivity index (χ4n) is 2.47. The van der Waals surface area contributed by atoms with Gasteiger partial charge in [0.1, 0.15) is 0 Å². The summed E-state index contributed by atoms with van der Waals surface area (Å²) in [5.41, 5.74) is 3.70. The van der Waals surface area contributed by atoms with Crippen molar-refractivity contribution in [3.8, 4) is 0 Å². The van der Waals surface area contributed by atoms with Gasteiger partial charge in [0.2, 0.25) is 0 Å². The van der Waals surface area contributed by atoms with Gasteiger partial charge in [0.05, 0.1) is 17.1 Å². The van der Waals surface area contributed by atoms with Gasteiger partial charge in [-0.2, -0.15) is 5.10 Å². The van der Waals surface area contributed by atoms with Crippen LogP contribution < -0.4 is 5.32 Å². The average Bonchev–Trinajstić information content (AvgIpc) is 2.93. The number of nitrogens with zero attached hydrogens (tertiary/aromatic N) is 2. The van der Waals surface area contributed by atoms with Crippen molar-refractivity contribution >= 4 is 17.0 Å². The molecule has 21 heavy (non-hydrogen) atoms. The van der Waals surface area contributed by atoms with Gasteiger partial charge in [-0.1, -0.05) is 20.8 Å². The maximum Gasteiger partial charge on any atom is 0.0828 e. The highest BCUT2D eigenvalue weighted by molar-refractivity contribution is 7.12. The number of hydrogen-bond acceptors (Lipinski definition) is 3. The van der Waals surface area contributed by atoms with Gasteiger partial charge < -0.3 is 5.32 Å². The summed E-state index contributed by atoms with van der Waals surface area (Å²) in [7, 11) is 0. The Labute approximate surface area is 132 Å². The molecule has 0 aliphatic carbocycles. The van der Waals surface area contributed by atoms with E-state index in [1.165, 1.54) is 21.1 Å². The van der Waals surface area contributed by atoms with Crippen molar-refractivity contribution in [3.63, 3.8) is 0 Å². The molecule has 0 saturated carbocycles. The molecule has 0 bridgehead atoms. The van der Waals surface area contributed by atoms with Crippen LogP contribution in [0.3, 0.4) is 0 Å². The maximum absolute atomic E-state index is 4.62. The first-order valence-corrected chi connectivity index (χ1v) is 8.40. The number of rotatable bonds is 4. The Morgan fingerprint density at radius 3 is 2.38 bits per heavy atom. The molecule has 3 nitrogen and oxygen atoms in total. The Morgan fingerprint density at radius 2 is 1.90 bits per heavy atom. The smallest absolute Gasteiger partial charge is 0.0828 e. The van der Waals surface area contributed by atoms with Crippen LogP contribution in [0.25, 0.3) is 0 Å². The van der Waals surface area contributed by atoms with Gasteiger partial charge >= 0.3 is 0 Å². The Bertz CT molecular complexity index is 615. The molecule has 0 fully saturated rings. The van der Waals surface area contributed by atoms with Gasteiger partial charge in [-0.3, -0.25) is 4.68 Å². The van der Waals surface area contributed by atoms with E-state index in [4.69, 9.17) is 0 Å². The number of anilines is 1. The topological polar surface area (TPSA) is 29.9 Å². The number of thiophene rings is 1. The molecule has 0 saturated heterocycles. The van der Waals surface area contributed by atoms with Crippen molar-refractivity contribution in [2.24, 2.45) is 0 Å². The Hall–Kier alpha value is -1.29. The second-order valence-electron chi connectivity index (χ2n) is 6.95. The van der Waals surface area contributed by atoms with E-state index in [0.717, 1.165) is 12.2 Å². The lowest BCUT2D eigenvalue weighted by atomic mass is 9.95. The van der Waals surface area contributed by atoms with E-state index in [2.05, 4.69) is 75.7 Å². The van der Waals surface area contributed by atoms with E-state index in [9.17, 15) is 0 Å². The summed E-state index contributed by atoms with van der Waals surface area (Å²) < 4.78 is 2.09. The third-order valence-corrected chi connectivity index (χ3v) is 5.17. The van der Waals surface area contributed by atoms with Crippen molar-refractivity contribution in [3.05, 3.63) is 33.3 Å². The van der Waals surface area contributed by atoms with Crippen molar-refractivity contribution in [2.75, 3.05) is 5.32 Å².